The summed E-state index contributed by atoms with van der Waals surface area (Å²) in [5, 5.41) is 26.9. The minimum absolute atomic E-state index is 0.0736. The molecule has 1 aliphatic rings. The quantitative estimate of drug-likeness (QED) is 0.175. The highest BCUT2D eigenvalue weighted by atomic mass is 16.5. The van der Waals surface area contributed by atoms with E-state index in [2.05, 4.69) is 27.8 Å². The van der Waals surface area contributed by atoms with Crippen LogP contribution in [-0.4, -0.2) is 53.3 Å². The van der Waals surface area contributed by atoms with Crippen LogP contribution < -0.4 is 21.4 Å². The van der Waals surface area contributed by atoms with Gasteiger partial charge in [-0.1, -0.05) is 31.1 Å². The Labute approximate surface area is 217 Å². The third-order valence-corrected chi connectivity index (χ3v) is 6.27. The summed E-state index contributed by atoms with van der Waals surface area (Å²) in [5.74, 6) is 5.17. The Morgan fingerprint density at radius 1 is 0.946 bits per heavy atom. The summed E-state index contributed by atoms with van der Waals surface area (Å²) >= 11 is 0. The Morgan fingerprint density at radius 2 is 1.54 bits per heavy atom. The number of carbonyl (C=O) groups is 3. The van der Waals surface area contributed by atoms with Crippen LogP contribution in [0.15, 0.2) is 48.5 Å². The fourth-order valence-corrected chi connectivity index (χ4v) is 4.17. The highest BCUT2D eigenvalue weighted by Gasteiger charge is 2.25. The molecule has 1 aliphatic carbocycles. The van der Waals surface area contributed by atoms with Crippen LogP contribution in [0.25, 0.3) is 0 Å². The molecule has 0 saturated heterocycles. The lowest BCUT2D eigenvalue weighted by molar-refractivity contribution is -0.133. The zero-order chi connectivity index (χ0) is 26.6. The van der Waals surface area contributed by atoms with Crippen LogP contribution in [0.1, 0.15) is 60.5 Å². The number of aliphatic hydroxyl groups is 1. The maximum Gasteiger partial charge on any atom is 0.268 e. The molecule has 0 radical (unpaired) electrons. The van der Waals surface area contributed by atoms with Gasteiger partial charge in [-0.05, 0) is 80.8 Å². The summed E-state index contributed by atoms with van der Waals surface area (Å²) in [5.41, 5.74) is 3.85. The summed E-state index contributed by atoms with van der Waals surface area (Å²) in [6, 6.07) is 12.4. The third kappa shape index (κ3) is 9.03. The first-order chi connectivity index (χ1) is 17.9. The molecule has 0 spiro atoms. The fourth-order valence-electron chi connectivity index (χ4n) is 4.17. The van der Waals surface area contributed by atoms with E-state index in [1.54, 1.807) is 36.4 Å². The van der Waals surface area contributed by atoms with Gasteiger partial charge in [0.05, 0.1) is 12.6 Å². The predicted octanol–water partition coefficient (Wildman–Crippen LogP) is 2.18. The van der Waals surface area contributed by atoms with Crippen molar-refractivity contribution in [1.29, 1.82) is 0 Å². The Kier molecular flexibility index (Phi) is 10.6. The first-order valence-electron chi connectivity index (χ1n) is 12.5. The molecule has 1 saturated carbocycles. The molecule has 9 nitrogen and oxygen atoms in total. The lowest BCUT2D eigenvalue weighted by atomic mass is 9.89. The lowest BCUT2D eigenvalue weighted by Crippen LogP contribution is -2.51. The van der Waals surface area contributed by atoms with Crippen molar-refractivity contribution >= 4 is 23.4 Å². The molecule has 3 rings (SSSR count). The molecule has 2 atom stereocenters. The van der Waals surface area contributed by atoms with Crippen molar-refractivity contribution in [3.63, 3.8) is 0 Å². The van der Waals surface area contributed by atoms with Gasteiger partial charge in [0.15, 0.2) is 0 Å². The van der Waals surface area contributed by atoms with E-state index in [1.165, 1.54) is 44.5 Å². The second-order valence-corrected chi connectivity index (χ2v) is 9.26. The number of aliphatic hydroxyl groups excluding tert-OH is 1. The predicted molar refractivity (Wildman–Crippen MR) is 140 cm³/mol. The van der Waals surface area contributed by atoms with Gasteiger partial charge in [0.1, 0.15) is 6.04 Å². The molecule has 196 valence electrons. The SMILES string of the molecule is C[C@@H](O)[C@H](NC(=O)c1ccc(C#Cc2ccc(NC(=O)CNCC3CCCCC3)cc2)cc1)C(=O)NO. The molecule has 0 aliphatic heterocycles. The molecule has 2 aromatic rings. The van der Waals surface area contributed by atoms with E-state index in [0.29, 0.717) is 23.7 Å². The van der Waals surface area contributed by atoms with E-state index < -0.39 is 24.0 Å². The van der Waals surface area contributed by atoms with Crippen molar-refractivity contribution in [3.05, 3.63) is 65.2 Å². The van der Waals surface area contributed by atoms with Crippen LogP contribution >= 0.6 is 0 Å². The van der Waals surface area contributed by atoms with Gasteiger partial charge < -0.3 is 21.1 Å². The Balaban J connectivity index is 1.48. The summed E-state index contributed by atoms with van der Waals surface area (Å²) in [6.45, 7) is 2.51. The summed E-state index contributed by atoms with van der Waals surface area (Å²) in [6.07, 6.45) is 5.19. The maximum atomic E-state index is 12.4. The van der Waals surface area contributed by atoms with E-state index in [4.69, 9.17) is 5.21 Å². The van der Waals surface area contributed by atoms with Crippen LogP contribution in [-0.2, 0) is 9.59 Å². The number of amides is 3. The molecule has 0 heterocycles. The van der Waals surface area contributed by atoms with Crippen molar-refractivity contribution in [1.82, 2.24) is 16.1 Å². The standard InChI is InChI=1S/C28H34N4O5/c1-19(33)26(28(36)32-37)31-27(35)23-13-9-20(10-14-23)7-8-21-11-15-24(16-12-21)30-25(34)18-29-17-22-5-3-2-4-6-22/h9-16,19,22,26,29,33,37H,2-6,17-18H2,1H3,(H,30,34)(H,31,35)(H,32,36)/t19-,26+/m1/s1. The van der Waals surface area contributed by atoms with Crippen molar-refractivity contribution in [2.45, 2.75) is 51.2 Å². The zero-order valence-electron chi connectivity index (χ0n) is 20.9. The van der Waals surface area contributed by atoms with Crippen LogP contribution in [0.3, 0.4) is 0 Å². The number of hydrogen-bond donors (Lipinski definition) is 6. The van der Waals surface area contributed by atoms with Gasteiger partial charge >= 0.3 is 0 Å². The molecule has 6 N–H and O–H groups in total. The van der Waals surface area contributed by atoms with E-state index in [-0.39, 0.29) is 11.5 Å². The molecule has 9 heteroatoms. The van der Waals surface area contributed by atoms with Crippen molar-refractivity contribution in [2.75, 3.05) is 18.4 Å². The first kappa shape index (κ1) is 27.9. The normalized spacial score (nSPS) is 15.0. The highest BCUT2D eigenvalue weighted by molar-refractivity contribution is 5.97. The van der Waals surface area contributed by atoms with Crippen LogP contribution in [0.2, 0.25) is 0 Å². The average Bonchev–Trinajstić information content (AvgIpc) is 2.91. The number of carbonyl (C=O) groups excluding carboxylic acids is 3. The second kappa shape index (κ2) is 14.1. The Morgan fingerprint density at radius 3 is 2.11 bits per heavy atom. The molecular weight excluding hydrogens is 472 g/mol. The molecule has 37 heavy (non-hydrogen) atoms. The molecule has 3 amide bonds. The van der Waals surface area contributed by atoms with Crippen LogP contribution in [0, 0.1) is 17.8 Å². The first-order valence-corrected chi connectivity index (χ1v) is 12.5. The van der Waals surface area contributed by atoms with Gasteiger partial charge in [0.25, 0.3) is 11.8 Å². The summed E-state index contributed by atoms with van der Waals surface area (Å²) in [7, 11) is 0. The van der Waals surface area contributed by atoms with E-state index in [9.17, 15) is 19.5 Å². The summed E-state index contributed by atoms with van der Waals surface area (Å²) < 4.78 is 0. The molecule has 0 bridgehead atoms. The summed E-state index contributed by atoms with van der Waals surface area (Å²) in [4.78, 5) is 36.1. The number of anilines is 1. The molecule has 2 aromatic carbocycles. The number of hydrogen-bond acceptors (Lipinski definition) is 6. The molecular formula is C28H34N4O5. The van der Waals surface area contributed by atoms with Crippen LogP contribution in [0.4, 0.5) is 5.69 Å². The number of hydroxylamine groups is 1. The smallest absolute Gasteiger partial charge is 0.268 e. The minimum Gasteiger partial charge on any atom is -0.391 e. The van der Waals surface area contributed by atoms with Gasteiger partial charge in [0.2, 0.25) is 5.91 Å². The van der Waals surface area contributed by atoms with E-state index in [1.807, 2.05) is 12.1 Å². The maximum absolute atomic E-state index is 12.4. The Hall–Kier alpha value is -3.71. The lowest BCUT2D eigenvalue weighted by Gasteiger charge is -2.21. The Bertz CT molecular complexity index is 1110. The van der Waals surface area contributed by atoms with Crippen molar-refractivity contribution < 1.29 is 24.7 Å². The fraction of sp³-hybridized carbons (Fsp3) is 0.393. The van der Waals surface area contributed by atoms with Gasteiger partial charge in [-0.3, -0.25) is 19.6 Å². The minimum atomic E-state index is -1.29. The third-order valence-electron chi connectivity index (χ3n) is 6.27. The van der Waals surface area contributed by atoms with Crippen molar-refractivity contribution in [3.8, 4) is 11.8 Å². The molecule has 0 unspecified atom stereocenters. The van der Waals surface area contributed by atoms with Crippen LogP contribution in [0.5, 0.6) is 0 Å². The average molecular weight is 507 g/mol. The number of benzene rings is 2. The highest BCUT2D eigenvalue weighted by Crippen LogP contribution is 2.22. The zero-order valence-corrected chi connectivity index (χ0v) is 20.9. The second-order valence-electron chi connectivity index (χ2n) is 9.26. The van der Waals surface area contributed by atoms with Gasteiger partial charge in [0, 0.05) is 22.4 Å². The molecule has 1 fully saturated rings. The van der Waals surface area contributed by atoms with Gasteiger partial charge in [-0.15, -0.1) is 0 Å². The number of nitrogens with one attached hydrogen (secondary N) is 4. The van der Waals surface area contributed by atoms with E-state index >= 15 is 0 Å². The largest absolute Gasteiger partial charge is 0.391 e. The van der Waals surface area contributed by atoms with Gasteiger partial charge in [-0.2, -0.15) is 0 Å². The van der Waals surface area contributed by atoms with Crippen molar-refractivity contribution in [2.24, 2.45) is 5.92 Å². The van der Waals surface area contributed by atoms with E-state index in [0.717, 1.165) is 12.1 Å². The molecule has 0 aromatic heterocycles. The monoisotopic (exact) mass is 506 g/mol. The number of rotatable bonds is 9. The topological polar surface area (TPSA) is 140 Å². The van der Waals surface area contributed by atoms with Gasteiger partial charge in [-0.25, -0.2) is 5.48 Å².